The van der Waals surface area contributed by atoms with Crippen LogP contribution in [0.5, 0.6) is 0 Å². The summed E-state index contributed by atoms with van der Waals surface area (Å²) in [5, 5.41) is 0. The predicted molar refractivity (Wildman–Crippen MR) is 69.6 cm³/mol. The van der Waals surface area contributed by atoms with Crippen LogP contribution in [0.2, 0.25) is 0 Å². The highest BCUT2D eigenvalue weighted by atomic mass is 15.2. The first-order chi connectivity index (χ1) is 8.33. The maximum absolute atomic E-state index is 5.61. The van der Waals surface area contributed by atoms with E-state index in [0.717, 1.165) is 25.6 Å². The fourth-order valence-corrected chi connectivity index (χ4v) is 2.65. The van der Waals surface area contributed by atoms with E-state index in [1.807, 2.05) is 6.20 Å². The number of likely N-dealkylation sites (tertiary alicyclic amines) is 1. The summed E-state index contributed by atoms with van der Waals surface area (Å²) in [5.74, 6) is 2.05. The molecule has 0 radical (unpaired) electrons. The second kappa shape index (κ2) is 6.17. The Balaban J connectivity index is 1.82. The predicted octanol–water partition coefficient (Wildman–Crippen LogP) is 1.46. The number of hydrogen-bond acceptors (Lipinski definition) is 3. The number of aryl methyl sites for hydroxylation is 1. The van der Waals surface area contributed by atoms with E-state index in [2.05, 4.69) is 27.6 Å². The average Bonchev–Trinajstić information content (AvgIpc) is 2.79. The summed E-state index contributed by atoms with van der Waals surface area (Å²) in [7, 11) is 0. The molecule has 1 aliphatic rings. The zero-order chi connectivity index (χ0) is 12.1. The minimum atomic E-state index is 0.838. The molecule has 17 heavy (non-hydrogen) atoms. The van der Waals surface area contributed by atoms with Crippen LogP contribution in [0, 0.1) is 5.92 Å². The van der Waals surface area contributed by atoms with Gasteiger partial charge < -0.3 is 10.3 Å². The summed E-state index contributed by atoms with van der Waals surface area (Å²) in [5.41, 5.74) is 5.61. The number of piperidine rings is 1. The van der Waals surface area contributed by atoms with Gasteiger partial charge in [-0.3, -0.25) is 4.90 Å². The van der Waals surface area contributed by atoms with E-state index in [1.165, 1.54) is 38.2 Å². The van der Waals surface area contributed by atoms with Crippen LogP contribution in [0.1, 0.15) is 32.0 Å². The molecule has 2 heterocycles. The lowest BCUT2D eigenvalue weighted by atomic mass is 9.94. The summed E-state index contributed by atoms with van der Waals surface area (Å²) < 4.78 is 2.23. The van der Waals surface area contributed by atoms with Crippen LogP contribution in [-0.2, 0) is 13.1 Å². The Morgan fingerprint density at radius 2 is 2.18 bits per heavy atom. The number of aromatic nitrogens is 2. The van der Waals surface area contributed by atoms with Crippen LogP contribution in [-0.4, -0.2) is 34.1 Å². The molecule has 2 N–H and O–H groups in total. The maximum atomic E-state index is 5.61. The Hall–Kier alpha value is -0.870. The fraction of sp³-hybridized carbons (Fsp3) is 0.769. The first kappa shape index (κ1) is 12.6. The minimum absolute atomic E-state index is 0.838. The van der Waals surface area contributed by atoms with Gasteiger partial charge in [0.05, 0.1) is 6.54 Å². The van der Waals surface area contributed by atoms with Crippen LogP contribution < -0.4 is 5.73 Å². The van der Waals surface area contributed by atoms with Crippen LogP contribution in [0.25, 0.3) is 0 Å². The third-order valence-electron chi connectivity index (χ3n) is 3.79. The monoisotopic (exact) mass is 236 g/mol. The highest BCUT2D eigenvalue weighted by Crippen LogP contribution is 2.20. The van der Waals surface area contributed by atoms with Crippen molar-refractivity contribution < 1.29 is 0 Å². The lowest BCUT2D eigenvalue weighted by Gasteiger charge is -2.31. The van der Waals surface area contributed by atoms with Gasteiger partial charge in [0, 0.05) is 18.9 Å². The van der Waals surface area contributed by atoms with Gasteiger partial charge in [-0.1, -0.05) is 0 Å². The van der Waals surface area contributed by atoms with E-state index in [1.54, 1.807) is 0 Å². The molecule has 0 saturated carbocycles. The zero-order valence-electron chi connectivity index (χ0n) is 10.8. The van der Waals surface area contributed by atoms with Crippen LogP contribution >= 0.6 is 0 Å². The molecule has 0 amide bonds. The smallest absolute Gasteiger partial charge is 0.122 e. The second-order valence-corrected chi connectivity index (χ2v) is 4.93. The van der Waals surface area contributed by atoms with Crippen molar-refractivity contribution in [2.45, 2.75) is 39.3 Å². The van der Waals surface area contributed by atoms with Gasteiger partial charge in [-0.05, 0) is 51.7 Å². The van der Waals surface area contributed by atoms with E-state index in [4.69, 9.17) is 5.73 Å². The first-order valence-corrected chi connectivity index (χ1v) is 6.76. The van der Waals surface area contributed by atoms with Gasteiger partial charge in [-0.15, -0.1) is 0 Å². The molecule has 0 atom stereocenters. The molecular weight excluding hydrogens is 212 g/mol. The molecule has 0 aliphatic carbocycles. The zero-order valence-corrected chi connectivity index (χ0v) is 10.8. The molecule has 1 saturated heterocycles. The highest BCUT2D eigenvalue weighted by molar-refractivity contribution is 4.92. The molecule has 1 aromatic heterocycles. The Labute approximate surface area is 104 Å². The average molecular weight is 236 g/mol. The summed E-state index contributed by atoms with van der Waals surface area (Å²) in [6, 6.07) is 0. The van der Waals surface area contributed by atoms with Crippen LogP contribution in [0.4, 0.5) is 0 Å². The van der Waals surface area contributed by atoms with Gasteiger partial charge in [-0.25, -0.2) is 4.98 Å². The molecule has 2 rings (SSSR count). The van der Waals surface area contributed by atoms with Crippen LogP contribution in [0.3, 0.4) is 0 Å². The van der Waals surface area contributed by atoms with Gasteiger partial charge in [-0.2, -0.15) is 0 Å². The molecular formula is C13H24N4. The maximum Gasteiger partial charge on any atom is 0.122 e. The largest absolute Gasteiger partial charge is 0.334 e. The van der Waals surface area contributed by atoms with Crippen molar-refractivity contribution in [3.63, 3.8) is 0 Å². The number of rotatable bonds is 5. The summed E-state index contributed by atoms with van der Waals surface area (Å²) in [6.45, 7) is 7.40. The number of hydrogen-bond donors (Lipinski definition) is 1. The van der Waals surface area contributed by atoms with Gasteiger partial charge in [0.2, 0.25) is 0 Å². The van der Waals surface area contributed by atoms with Gasteiger partial charge in [0.15, 0.2) is 0 Å². The fourth-order valence-electron chi connectivity index (χ4n) is 2.65. The molecule has 4 nitrogen and oxygen atoms in total. The quantitative estimate of drug-likeness (QED) is 0.842. The third kappa shape index (κ3) is 3.30. The minimum Gasteiger partial charge on any atom is -0.334 e. The Morgan fingerprint density at radius 1 is 1.41 bits per heavy atom. The lowest BCUT2D eigenvalue weighted by molar-refractivity contribution is 0.168. The Morgan fingerprint density at radius 3 is 2.82 bits per heavy atom. The lowest BCUT2D eigenvalue weighted by Crippen LogP contribution is -2.34. The van der Waals surface area contributed by atoms with Crippen molar-refractivity contribution in [3.05, 3.63) is 18.2 Å². The third-order valence-corrected chi connectivity index (χ3v) is 3.79. The molecule has 0 unspecified atom stereocenters. The molecule has 1 fully saturated rings. The van der Waals surface area contributed by atoms with Gasteiger partial charge >= 0.3 is 0 Å². The SMILES string of the molecule is CCn1ccnc1CN1CCC(CCN)CC1. The van der Waals surface area contributed by atoms with Crippen molar-refractivity contribution in [2.24, 2.45) is 11.7 Å². The topological polar surface area (TPSA) is 47.1 Å². The van der Waals surface area contributed by atoms with Crippen LogP contribution in [0.15, 0.2) is 12.4 Å². The Bertz CT molecular complexity index is 326. The van der Waals surface area contributed by atoms with Crippen molar-refractivity contribution in [1.82, 2.24) is 14.5 Å². The molecule has 1 aliphatic heterocycles. The normalized spacial score (nSPS) is 18.7. The number of nitrogens with two attached hydrogens (primary N) is 1. The summed E-state index contributed by atoms with van der Waals surface area (Å²) in [6.07, 6.45) is 7.75. The molecule has 0 spiro atoms. The van der Waals surface area contributed by atoms with Crippen molar-refractivity contribution in [1.29, 1.82) is 0 Å². The number of nitrogens with zero attached hydrogens (tertiary/aromatic N) is 3. The molecule has 4 heteroatoms. The highest BCUT2D eigenvalue weighted by Gasteiger charge is 2.19. The van der Waals surface area contributed by atoms with E-state index in [-0.39, 0.29) is 0 Å². The van der Waals surface area contributed by atoms with Gasteiger partial charge in [0.25, 0.3) is 0 Å². The Kier molecular flexibility index (Phi) is 4.57. The van der Waals surface area contributed by atoms with E-state index in [9.17, 15) is 0 Å². The molecule has 0 aromatic carbocycles. The first-order valence-electron chi connectivity index (χ1n) is 6.76. The molecule has 96 valence electrons. The van der Waals surface area contributed by atoms with Crippen molar-refractivity contribution in [3.8, 4) is 0 Å². The molecule has 0 bridgehead atoms. The van der Waals surface area contributed by atoms with E-state index in [0.29, 0.717) is 0 Å². The second-order valence-electron chi connectivity index (χ2n) is 4.93. The number of imidazole rings is 1. The van der Waals surface area contributed by atoms with Gasteiger partial charge in [0.1, 0.15) is 5.82 Å². The summed E-state index contributed by atoms with van der Waals surface area (Å²) in [4.78, 5) is 6.95. The van der Waals surface area contributed by atoms with Crippen molar-refractivity contribution >= 4 is 0 Å². The van der Waals surface area contributed by atoms with E-state index >= 15 is 0 Å². The van der Waals surface area contributed by atoms with Crippen molar-refractivity contribution in [2.75, 3.05) is 19.6 Å². The molecule has 1 aromatic rings. The van der Waals surface area contributed by atoms with E-state index < -0.39 is 0 Å². The standard InChI is InChI=1S/C13H24N4/c1-2-17-10-7-15-13(17)11-16-8-4-12(3-6-14)5-9-16/h7,10,12H,2-6,8-9,11,14H2,1H3. The summed E-state index contributed by atoms with van der Waals surface area (Å²) >= 11 is 0.